The van der Waals surface area contributed by atoms with Gasteiger partial charge in [0.2, 0.25) is 0 Å². The van der Waals surface area contributed by atoms with E-state index in [9.17, 15) is 19.5 Å². The lowest BCUT2D eigenvalue weighted by molar-refractivity contribution is -0.197. The van der Waals surface area contributed by atoms with E-state index in [0.29, 0.717) is 31.1 Å². The van der Waals surface area contributed by atoms with Crippen LogP contribution in [0.1, 0.15) is 51.9 Å². The maximum absolute atomic E-state index is 11.5. The zero-order valence-corrected chi connectivity index (χ0v) is 12.4. The second-order valence-electron chi connectivity index (χ2n) is 4.99. The van der Waals surface area contributed by atoms with Crippen molar-refractivity contribution in [3.63, 3.8) is 0 Å². The van der Waals surface area contributed by atoms with Crippen LogP contribution < -0.4 is 0 Å². The number of carbonyl (C=O) groups excluding carboxylic acids is 3. The fourth-order valence-corrected chi connectivity index (χ4v) is 1.79. The Bertz CT molecular complexity index is 354. The van der Waals surface area contributed by atoms with Gasteiger partial charge < -0.3 is 14.7 Å². The van der Waals surface area contributed by atoms with E-state index in [1.165, 1.54) is 0 Å². The van der Waals surface area contributed by atoms with Crippen LogP contribution in [-0.4, -0.2) is 47.3 Å². The Hall–Kier alpha value is -1.47. The Labute approximate surface area is 124 Å². The van der Waals surface area contributed by atoms with Gasteiger partial charge in [-0.2, -0.15) is 0 Å². The summed E-state index contributed by atoms with van der Waals surface area (Å²) in [5.74, 6) is -1.49. The van der Waals surface area contributed by atoms with Gasteiger partial charge in [0.05, 0.1) is 12.7 Å². The Kier molecular flexibility index (Phi) is 7.92. The number of unbranched alkanes of at least 4 members (excludes halogenated alkanes) is 2. The first-order valence-corrected chi connectivity index (χ1v) is 7.37. The van der Waals surface area contributed by atoms with Gasteiger partial charge in [0.25, 0.3) is 11.8 Å². The SMILES string of the molecule is CCC(O)COCCCCCC(=O)ON1C(=O)CCC1=O. The lowest BCUT2D eigenvalue weighted by atomic mass is 10.2. The van der Waals surface area contributed by atoms with E-state index >= 15 is 0 Å². The highest BCUT2D eigenvalue weighted by atomic mass is 16.7. The topological polar surface area (TPSA) is 93.1 Å². The van der Waals surface area contributed by atoms with E-state index in [1.807, 2.05) is 6.92 Å². The number of aliphatic hydroxyl groups excluding tert-OH is 1. The van der Waals surface area contributed by atoms with Crippen LogP contribution in [0.4, 0.5) is 0 Å². The van der Waals surface area contributed by atoms with E-state index in [-0.39, 0.29) is 19.3 Å². The first-order chi connectivity index (χ1) is 10.0. The normalized spacial score (nSPS) is 16.4. The molecule has 1 aliphatic rings. The number of imide groups is 1. The minimum atomic E-state index is -0.569. The van der Waals surface area contributed by atoms with E-state index in [1.54, 1.807) is 0 Å². The highest BCUT2D eigenvalue weighted by molar-refractivity contribution is 6.01. The van der Waals surface area contributed by atoms with Gasteiger partial charge in [-0.05, 0) is 19.3 Å². The molecule has 0 radical (unpaired) electrons. The van der Waals surface area contributed by atoms with Crippen LogP contribution in [0.5, 0.6) is 0 Å². The number of hydrogen-bond donors (Lipinski definition) is 1. The highest BCUT2D eigenvalue weighted by Crippen LogP contribution is 2.13. The Morgan fingerprint density at radius 3 is 2.52 bits per heavy atom. The third-order valence-electron chi connectivity index (χ3n) is 3.15. The molecule has 0 aliphatic carbocycles. The van der Waals surface area contributed by atoms with Gasteiger partial charge in [-0.3, -0.25) is 9.59 Å². The summed E-state index contributed by atoms with van der Waals surface area (Å²) in [5, 5.41) is 9.83. The van der Waals surface area contributed by atoms with Crippen molar-refractivity contribution in [2.75, 3.05) is 13.2 Å². The van der Waals surface area contributed by atoms with Gasteiger partial charge >= 0.3 is 5.97 Å². The number of nitrogens with zero attached hydrogens (tertiary/aromatic N) is 1. The number of hydroxylamine groups is 2. The van der Waals surface area contributed by atoms with Gasteiger partial charge in [-0.15, -0.1) is 5.06 Å². The second kappa shape index (κ2) is 9.46. The van der Waals surface area contributed by atoms with Crippen molar-refractivity contribution in [1.29, 1.82) is 0 Å². The molecule has 0 spiro atoms. The molecule has 1 N–H and O–H groups in total. The molecule has 1 unspecified atom stereocenters. The third kappa shape index (κ3) is 6.68. The van der Waals surface area contributed by atoms with Gasteiger partial charge in [0.15, 0.2) is 0 Å². The minimum Gasteiger partial charge on any atom is -0.391 e. The average Bonchev–Trinajstić information content (AvgIpc) is 2.77. The van der Waals surface area contributed by atoms with Crippen molar-refractivity contribution in [1.82, 2.24) is 5.06 Å². The molecule has 0 aromatic carbocycles. The van der Waals surface area contributed by atoms with Crippen molar-refractivity contribution in [2.45, 2.75) is 58.0 Å². The molecule has 120 valence electrons. The summed E-state index contributed by atoms with van der Waals surface area (Å²) in [6.07, 6.45) is 2.78. The standard InChI is InChI=1S/C14H23NO6/c1-2-11(16)10-20-9-5-3-4-6-14(19)21-15-12(17)7-8-13(15)18/h11,16H,2-10H2,1H3. The van der Waals surface area contributed by atoms with Crippen LogP contribution in [0, 0.1) is 0 Å². The lowest BCUT2D eigenvalue weighted by Gasteiger charge is -2.12. The van der Waals surface area contributed by atoms with Gasteiger partial charge in [-0.1, -0.05) is 13.3 Å². The Morgan fingerprint density at radius 1 is 1.24 bits per heavy atom. The van der Waals surface area contributed by atoms with Crippen molar-refractivity contribution in [2.24, 2.45) is 0 Å². The summed E-state index contributed by atoms with van der Waals surface area (Å²) >= 11 is 0. The molecule has 0 saturated carbocycles. The number of carbonyl (C=O) groups is 3. The van der Waals surface area contributed by atoms with Gasteiger partial charge in [-0.25, -0.2) is 4.79 Å². The molecule has 7 nitrogen and oxygen atoms in total. The van der Waals surface area contributed by atoms with Crippen LogP contribution in [0.3, 0.4) is 0 Å². The number of aliphatic hydroxyl groups is 1. The molecule has 1 heterocycles. The van der Waals surface area contributed by atoms with Crippen LogP contribution in [0.15, 0.2) is 0 Å². The first kappa shape index (κ1) is 17.6. The quantitative estimate of drug-likeness (QED) is 0.477. The van der Waals surface area contributed by atoms with Crippen molar-refractivity contribution >= 4 is 17.8 Å². The molecule has 0 aromatic rings. The Balaban J connectivity index is 2.01. The predicted octanol–water partition coefficient (Wildman–Crippen LogP) is 0.941. The molecule has 21 heavy (non-hydrogen) atoms. The van der Waals surface area contributed by atoms with E-state index in [0.717, 1.165) is 12.8 Å². The third-order valence-corrected chi connectivity index (χ3v) is 3.15. The molecule has 1 aliphatic heterocycles. The van der Waals surface area contributed by atoms with Crippen molar-refractivity contribution in [3.05, 3.63) is 0 Å². The van der Waals surface area contributed by atoms with Gasteiger partial charge in [0, 0.05) is 25.9 Å². The van der Waals surface area contributed by atoms with E-state index in [4.69, 9.17) is 9.57 Å². The molecule has 1 atom stereocenters. The summed E-state index contributed by atoms with van der Waals surface area (Å²) in [7, 11) is 0. The fourth-order valence-electron chi connectivity index (χ4n) is 1.79. The molecule has 1 saturated heterocycles. The molecule has 1 rings (SSSR count). The second-order valence-corrected chi connectivity index (χ2v) is 4.99. The Morgan fingerprint density at radius 2 is 1.90 bits per heavy atom. The maximum Gasteiger partial charge on any atom is 0.333 e. The average molecular weight is 301 g/mol. The predicted molar refractivity (Wildman–Crippen MR) is 72.8 cm³/mol. The summed E-state index contributed by atoms with van der Waals surface area (Å²) in [6.45, 7) is 2.75. The molecule has 0 aromatic heterocycles. The van der Waals surface area contributed by atoms with Gasteiger partial charge in [0.1, 0.15) is 0 Å². The van der Waals surface area contributed by atoms with Crippen molar-refractivity contribution in [3.8, 4) is 0 Å². The smallest absolute Gasteiger partial charge is 0.333 e. The molecular formula is C14H23NO6. The largest absolute Gasteiger partial charge is 0.391 e. The van der Waals surface area contributed by atoms with E-state index in [2.05, 4.69) is 0 Å². The zero-order valence-electron chi connectivity index (χ0n) is 12.4. The fraction of sp³-hybridized carbons (Fsp3) is 0.786. The minimum absolute atomic E-state index is 0.104. The van der Waals surface area contributed by atoms with Crippen molar-refractivity contribution < 1.29 is 29.1 Å². The number of rotatable bonds is 10. The van der Waals surface area contributed by atoms with Crippen LogP contribution in [0.2, 0.25) is 0 Å². The first-order valence-electron chi connectivity index (χ1n) is 7.37. The highest BCUT2D eigenvalue weighted by Gasteiger charge is 2.32. The van der Waals surface area contributed by atoms with Crippen LogP contribution in [0.25, 0.3) is 0 Å². The van der Waals surface area contributed by atoms with Crippen LogP contribution >= 0.6 is 0 Å². The number of ether oxygens (including phenoxy) is 1. The molecule has 1 fully saturated rings. The summed E-state index contributed by atoms with van der Waals surface area (Å²) in [6, 6.07) is 0. The molecular weight excluding hydrogens is 278 g/mol. The molecule has 7 heteroatoms. The zero-order chi connectivity index (χ0) is 15.7. The summed E-state index contributed by atoms with van der Waals surface area (Å²) in [4.78, 5) is 38.7. The maximum atomic E-state index is 11.5. The number of hydrogen-bond acceptors (Lipinski definition) is 6. The number of amides is 2. The lowest BCUT2D eigenvalue weighted by Crippen LogP contribution is -2.31. The molecule has 0 bridgehead atoms. The molecule has 2 amide bonds. The van der Waals surface area contributed by atoms with Crippen LogP contribution in [-0.2, 0) is 24.0 Å². The summed E-state index contributed by atoms with van der Waals surface area (Å²) < 4.78 is 5.27. The summed E-state index contributed by atoms with van der Waals surface area (Å²) in [5.41, 5.74) is 0. The monoisotopic (exact) mass is 301 g/mol. The van der Waals surface area contributed by atoms with E-state index < -0.39 is 23.9 Å².